The van der Waals surface area contributed by atoms with E-state index in [1.165, 1.54) is 35.0 Å². The molecule has 2 nitrogen and oxygen atoms in total. The molecule has 1 aliphatic carbocycles. The number of fused-ring (bicyclic) bond motifs is 1. The lowest BCUT2D eigenvalue weighted by molar-refractivity contribution is 0.0538. The van der Waals surface area contributed by atoms with E-state index >= 15 is 0 Å². The normalized spacial score (nSPS) is 26.3. The summed E-state index contributed by atoms with van der Waals surface area (Å²) in [5.74, 6) is 0.933. The Labute approximate surface area is 131 Å². The second-order valence-corrected chi connectivity index (χ2v) is 8.19. The van der Waals surface area contributed by atoms with Crippen molar-refractivity contribution in [2.75, 3.05) is 13.1 Å². The minimum absolute atomic E-state index is 0.244. The largest absolute Gasteiger partial charge is 0.311 e. The second kappa shape index (κ2) is 5.08. The van der Waals surface area contributed by atoms with Gasteiger partial charge in [-0.3, -0.25) is 4.90 Å². The molecule has 2 aromatic rings. The van der Waals surface area contributed by atoms with E-state index in [1.54, 1.807) is 0 Å². The molecule has 1 atom stereocenters. The van der Waals surface area contributed by atoms with Crippen LogP contribution in [0.1, 0.15) is 32.3 Å². The molecule has 1 aliphatic heterocycles. The van der Waals surface area contributed by atoms with Gasteiger partial charge in [0.2, 0.25) is 0 Å². The van der Waals surface area contributed by atoms with Gasteiger partial charge >= 0.3 is 0 Å². The molecule has 0 spiro atoms. The Morgan fingerprint density at radius 1 is 1.29 bits per heavy atom. The maximum Gasteiger partial charge on any atom is 0.0346 e. The van der Waals surface area contributed by atoms with Gasteiger partial charge in [-0.15, -0.1) is 11.3 Å². The Hall–Kier alpha value is -0.900. The fourth-order valence-electron chi connectivity index (χ4n) is 3.50. The average molecular weight is 300 g/mol. The maximum absolute atomic E-state index is 3.78. The first-order chi connectivity index (χ1) is 10.1. The minimum atomic E-state index is 0.244. The van der Waals surface area contributed by atoms with E-state index in [2.05, 4.69) is 53.7 Å². The van der Waals surface area contributed by atoms with Crippen LogP contribution in [-0.2, 0) is 6.54 Å². The van der Waals surface area contributed by atoms with Crippen molar-refractivity contribution in [3.8, 4) is 0 Å². The predicted octanol–water partition coefficient (Wildman–Crippen LogP) is 3.86. The van der Waals surface area contributed by atoms with Crippen molar-refractivity contribution in [2.24, 2.45) is 5.92 Å². The van der Waals surface area contributed by atoms with Gasteiger partial charge in [-0.1, -0.05) is 18.2 Å². The molecule has 2 aliphatic rings. The lowest BCUT2D eigenvalue weighted by Gasteiger charge is -2.46. The van der Waals surface area contributed by atoms with Crippen LogP contribution in [0.2, 0.25) is 0 Å². The third kappa shape index (κ3) is 2.63. The second-order valence-electron chi connectivity index (χ2n) is 7.27. The molecule has 4 rings (SSSR count). The molecule has 1 N–H and O–H groups in total. The highest BCUT2D eigenvalue weighted by atomic mass is 32.1. The Balaban J connectivity index is 1.58. The number of thiophene rings is 1. The zero-order chi connectivity index (χ0) is 14.4. The van der Waals surface area contributed by atoms with Crippen LogP contribution >= 0.6 is 11.3 Å². The smallest absolute Gasteiger partial charge is 0.0346 e. The van der Waals surface area contributed by atoms with Crippen molar-refractivity contribution in [3.05, 3.63) is 35.2 Å². The minimum Gasteiger partial charge on any atom is -0.311 e. The molecule has 1 unspecified atom stereocenters. The van der Waals surface area contributed by atoms with Gasteiger partial charge in [-0.25, -0.2) is 0 Å². The summed E-state index contributed by atoms with van der Waals surface area (Å²) in [4.78, 5) is 2.70. The summed E-state index contributed by atoms with van der Waals surface area (Å²) in [5, 5.41) is 7.58. The molecule has 3 heteroatoms. The predicted molar refractivity (Wildman–Crippen MR) is 90.8 cm³/mol. The first-order valence-corrected chi connectivity index (χ1v) is 8.95. The molecule has 1 saturated carbocycles. The lowest BCUT2D eigenvalue weighted by Crippen LogP contribution is -2.62. The van der Waals surface area contributed by atoms with E-state index in [9.17, 15) is 0 Å². The number of piperazine rings is 1. The van der Waals surface area contributed by atoms with Crippen LogP contribution in [0.15, 0.2) is 29.6 Å². The van der Waals surface area contributed by atoms with Crippen molar-refractivity contribution in [3.63, 3.8) is 0 Å². The standard InChI is InChI=1S/C18H24N2S/c1-18(2)12-19-16(13-7-8-13)10-20(18)9-14-11-21-17-6-4-3-5-15(14)17/h3-6,11,13,16,19H,7-10,12H2,1-2H3. The van der Waals surface area contributed by atoms with E-state index in [-0.39, 0.29) is 5.54 Å². The van der Waals surface area contributed by atoms with Crippen molar-refractivity contribution >= 4 is 21.4 Å². The van der Waals surface area contributed by atoms with Gasteiger partial charge in [-0.2, -0.15) is 0 Å². The van der Waals surface area contributed by atoms with Crippen molar-refractivity contribution in [2.45, 2.75) is 44.8 Å². The van der Waals surface area contributed by atoms with E-state index in [0.29, 0.717) is 6.04 Å². The third-order valence-corrected chi connectivity index (χ3v) is 6.20. The molecule has 0 radical (unpaired) electrons. The number of hydrogen-bond donors (Lipinski definition) is 1. The quantitative estimate of drug-likeness (QED) is 0.926. The average Bonchev–Trinajstić information content (AvgIpc) is 3.24. The van der Waals surface area contributed by atoms with Crippen LogP contribution < -0.4 is 5.32 Å². The van der Waals surface area contributed by atoms with Gasteiger partial charge in [-0.05, 0) is 55.0 Å². The van der Waals surface area contributed by atoms with Gasteiger partial charge in [0.1, 0.15) is 0 Å². The summed E-state index contributed by atoms with van der Waals surface area (Å²) < 4.78 is 1.42. The van der Waals surface area contributed by atoms with Crippen LogP contribution in [0.5, 0.6) is 0 Å². The Kier molecular flexibility index (Phi) is 3.32. The molecule has 21 heavy (non-hydrogen) atoms. The van der Waals surface area contributed by atoms with Crippen molar-refractivity contribution < 1.29 is 0 Å². The highest BCUT2D eigenvalue weighted by molar-refractivity contribution is 7.17. The van der Waals surface area contributed by atoms with Crippen LogP contribution in [0.3, 0.4) is 0 Å². The number of hydrogen-bond acceptors (Lipinski definition) is 3. The van der Waals surface area contributed by atoms with Gasteiger partial charge < -0.3 is 5.32 Å². The molecule has 0 amide bonds. The molecular weight excluding hydrogens is 276 g/mol. The topological polar surface area (TPSA) is 15.3 Å². The highest BCUT2D eigenvalue weighted by Crippen LogP contribution is 2.36. The molecule has 0 bridgehead atoms. The van der Waals surface area contributed by atoms with Gasteiger partial charge in [0.25, 0.3) is 0 Å². The summed E-state index contributed by atoms with van der Waals surface area (Å²) in [7, 11) is 0. The monoisotopic (exact) mass is 300 g/mol. The molecule has 1 aromatic heterocycles. The van der Waals surface area contributed by atoms with E-state index in [4.69, 9.17) is 0 Å². The first kappa shape index (κ1) is 13.7. The summed E-state index contributed by atoms with van der Waals surface area (Å²) in [6.45, 7) is 8.13. The fourth-order valence-corrected chi connectivity index (χ4v) is 4.45. The number of nitrogens with zero attached hydrogens (tertiary/aromatic N) is 1. The highest BCUT2D eigenvalue weighted by Gasteiger charge is 2.40. The number of benzene rings is 1. The molecule has 2 heterocycles. The summed E-state index contributed by atoms with van der Waals surface area (Å²) in [6, 6.07) is 9.52. The Bertz CT molecular complexity index is 641. The van der Waals surface area contributed by atoms with Gasteiger partial charge in [0, 0.05) is 35.9 Å². The van der Waals surface area contributed by atoms with Crippen LogP contribution in [0.4, 0.5) is 0 Å². The SMILES string of the molecule is CC1(C)CNC(C2CC2)CN1Cc1csc2ccccc12. The zero-order valence-electron chi connectivity index (χ0n) is 12.9. The molecule has 2 fully saturated rings. The van der Waals surface area contributed by atoms with E-state index in [1.807, 2.05) is 11.3 Å². The summed E-state index contributed by atoms with van der Waals surface area (Å²) in [5.41, 5.74) is 1.74. The van der Waals surface area contributed by atoms with Crippen LogP contribution in [0, 0.1) is 5.92 Å². The lowest BCUT2D eigenvalue weighted by atomic mass is 9.95. The first-order valence-electron chi connectivity index (χ1n) is 8.07. The Morgan fingerprint density at radius 3 is 2.90 bits per heavy atom. The fraction of sp³-hybridized carbons (Fsp3) is 0.556. The molecular formula is C18H24N2S. The summed E-state index contributed by atoms with van der Waals surface area (Å²) in [6.07, 6.45) is 2.85. The molecule has 112 valence electrons. The van der Waals surface area contributed by atoms with E-state index in [0.717, 1.165) is 19.0 Å². The summed E-state index contributed by atoms with van der Waals surface area (Å²) >= 11 is 1.88. The zero-order valence-corrected chi connectivity index (χ0v) is 13.7. The van der Waals surface area contributed by atoms with Gasteiger partial charge in [0.15, 0.2) is 0 Å². The van der Waals surface area contributed by atoms with Gasteiger partial charge in [0.05, 0.1) is 0 Å². The van der Waals surface area contributed by atoms with Crippen molar-refractivity contribution in [1.29, 1.82) is 0 Å². The molecule has 1 saturated heterocycles. The van der Waals surface area contributed by atoms with E-state index < -0.39 is 0 Å². The maximum atomic E-state index is 3.78. The number of nitrogens with one attached hydrogen (secondary N) is 1. The van der Waals surface area contributed by atoms with Crippen LogP contribution in [0.25, 0.3) is 10.1 Å². The van der Waals surface area contributed by atoms with Crippen molar-refractivity contribution in [1.82, 2.24) is 10.2 Å². The molecule has 1 aromatic carbocycles. The third-order valence-electron chi connectivity index (χ3n) is 5.18. The Morgan fingerprint density at radius 2 is 2.10 bits per heavy atom. The van der Waals surface area contributed by atoms with Crippen LogP contribution in [-0.4, -0.2) is 29.6 Å². The number of rotatable bonds is 3.